The van der Waals surface area contributed by atoms with Crippen molar-refractivity contribution >= 4 is 17.9 Å². The van der Waals surface area contributed by atoms with Crippen molar-refractivity contribution in [2.24, 2.45) is 45.3 Å². The zero-order valence-corrected chi connectivity index (χ0v) is 20.2. The zero-order valence-electron chi connectivity index (χ0n) is 20.2. The molecule has 3 fully saturated rings. The maximum Gasteiger partial charge on any atom is 0.160 e. The van der Waals surface area contributed by atoms with E-state index in [2.05, 4.69) is 20.8 Å². The Kier molecular flexibility index (Phi) is 5.24. The quantitative estimate of drug-likeness (QED) is 0.645. The Bertz CT molecular complexity index is 840. The highest BCUT2D eigenvalue weighted by atomic mass is 16.3. The summed E-state index contributed by atoms with van der Waals surface area (Å²) >= 11 is 0. The van der Waals surface area contributed by atoms with Gasteiger partial charge in [-0.15, -0.1) is 0 Å². The highest BCUT2D eigenvalue weighted by molar-refractivity contribution is 5.98. The van der Waals surface area contributed by atoms with Crippen molar-refractivity contribution in [2.75, 3.05) is 0 Å². The van der Waals surface area contributed by atoms with Crippen LogP contribution in [0.2, 0.25) is 0 Å². The van der Waals surface area contributed by atoms with Crippen LogP contribution in [0.5, 0.6) is 0 Å². The van der Waals surface area contributed by atoms with Crippen molar-refractivity contribution in [3.05, 3.63) is 11.6 Å². The van der Waals surface area contributed by atoms with E-state index in [4.69, 9.17) is 0 Å². The Morgan fingerprint density at radius 2 is 1.81 bits per heavy atom. The first-order valence-electron chi connectivity index (χ1n) is 12.2. The monoisotopic (exact) mass is 428 g/mol. The van der Waals surface area contributed by atoms with Gasteiger partial charge in [0, 0.05) is 23.2 Å². The number of aliphatic hydroxyl groups excluding tert-OH is 1. The van der Waals surface area contributed by atoms with Crippen LogP contribution in [0, 0.1) is 45.3 Å². The summed E-state index contributed by atoms with van der Waals surface area (Å²) in [7, 11) is 0. The zero-order chi connectivity index (χ0) is 23.0. The van der Waals surface area contributed by atoms with Gasteiger partial charge >= 0.3 is 0 Å². The minimum Gasteiger partial charge on any atom is -0.392 e. The van der Waals surface area contributed by atoms with Crippen molar-refractivity contribution in [1.29, 1.82) is 0 Å². The summed E-state index contributed by atoms with van der Waals surface area (Å²) in [6.45, 7) is 12.5. The Labute approximate surface area is 187 Å². The number of Topliss-reactive ketones (excluding diaryl/α,β-unsaturated/α-hetero) is 1. The molecule has 31 heavy (non-hydrogen) atoms. The van der Waals surface area contributed by atoms with E-state index in [0.717, 1.165) is 44.0 Å². The average Bonchev–Trinajstić information content (AvgIpc) is 2.95. The molecule has 172 valence electrons. The summed E-state index contributed by atoms with van der Waals surface area (Å²) in [6.07, 6.45) is 8.13. The molecule has 4 aliphatic rings. The Morgan fingerprint density at radius 3 is 2.42 bits per heavy atom. The smallest absolute Gasteiger partial charge is 0.160 e. The van der Waals surface area contributed by atoms with Gasteiger partial charge in [0.2, 0.25) is 0 Å². The van der Waals surface area contributed by atoms with E-state index in [0.29, 0.717) is 24.7 Å². The first-order chi connectivity index (χ1) is 14.3. The topological polar surface area (TPSA) is 71.4 Å². The highest BCUT2D eigenvalue weighted by Gasteiger charge is 2.71. The second kappa shape index (κ2) is 7.10. The van der Waals surface area contributed by atoms with Crippen LogP contribution < -0.4 is 0 Å². The molecule has 0 aromatic carbocycles. The molecule has 4 heteroatoms. The molecule has 0 aromatic rings. The number of ketones is 2. The number of hydrogen-bond donors (Lipinski definition) is 1. The fraction of sp³-hybridized carbons (Fsp3) is 0.815. The summed E-state index contributed by atoms with van der Waals surface area (Å²) in [6, 6.07) is 0. The summed E-state index contributed by atoms with van der Waals surface area (Å²) in [5.41, 5.74) is -0.447. The van der Waals surface area contributed by atoms with Crippen molar-refractivity contribution < 1.29 is 19.5 Å². The third-order valence-electron chi connectivity index (χ3n) is 10.8. The van der Waals surface area contributed by atoms with Crippen molar-refractivity contribution in [3.8, 4) is 0 Å². The Balaban J connectivity index is 1.81. The van der Waals surface area contributed by atoms with Crippen LogP contribution in [-0.2, 0) is 14.4 Å². The van der Waals surface area contributed by atoms with Gasteiger partial charge < -0.3 is 14.7 Å². The normalized spacial score (nSPS) is 46.9. The summed E-state index contributed by atoms with van der Waals surface area (Å²) < 4.78 is 0. The number of carbonyl (C=O) groups excluding carboxylic acids is 3. The van der Waals surface area contributed by atoms with E-state index >= 15 is 0 Å². The minimum atomic E-state index is -0.661. The lowest BCUT2D eigenvalue weighted by Gasteiger charge is -2.64. The number of aliphatic hydroxyl groups is 1. The molecule has 0 saturated heterocycles. The van der Waals surface area contributed by atoms with Crippen LogP contribution in [-0.4, -0.2) is 29.1 Å². The van der Waals surface area contributed by atoms with Crippen LogP contribution in [0.25, 0.3) is 0 Å². The second-order valence-electron chi connectivity index (χ2n) is 12.4. The summed E-state index contributed by atoms with van der Waals surface area (Å²) in [4.78, 5) is 38.6. The van der Waals surface area contributed by atoms with E-state index in [1.807, 2.05) is 19.9 Å². The van der Waals surface area contributed by atoms with E-state index < -0.39 is 16.9 Å². The molecular weight excluding hydrogens is 388 g/mol. The van der Waals surface area contributed by atoms with Gasteiger partial charge in [-0.05, 0) is 80.1 Å². The van der Waals surface area contributed by atoms with E-state index in [-0.39, 0.29) is 34.2 Å². The standard InChI is InChI=1S/C27H40O4/c1-16(13-17(2)29)18-9-10-26(6)23-21(30)14-20-19(7-8-22(31)24(20,3)4)27(23,15-28)12-11-25(18,26)5/h14-16,18-19,22-23,31H,7-13H2,1-6H3/t16-,18+,19+,22-,23-,25+,26-,27+/m0/s1. The third kappa shape index (κ3) is 2.85. The molecule has 4 rings (SSSR count). The number of carbonyl (C=O) groups is 3. The van der Waals surface area contributed by atoms with E-state index in [9.17, 15) is 19.5 Å². The maximum absolute atomic E-state index is 13.8. The minimum absolute atomic E-state index is 0.0427. The van der Waals surface area contributed by atoms with Crippen LogP contribution in [0.1, 0.15) is 86.5 Å². The Hall–Kier alpha value is -1.29. The van der Waals surface area contributed by atoms with Crippen LogP contribution >= 0.6 is 0 Å². The predicted octanol–water partition coefficient (Wildman–Crippen LogP) is 4.93. The molecule has 0 radical (unpaired) electrons. The largest absolute Gasteiger partial charge is 0.392 e. The van der Waals surface area contributed by atoms with Gasteiger partial charge in [0.15, 0.2) is 5.78 Å². The average molecular weight is 429 g/mol. The molecule has 0 heterocycles. The van der Waals surface area contributed by atoms with Gasteiger partial charge in [0.05, 0.1) is 6.10 Å². The SMILES string of the molecule is CC(=O)C[C@H](C)[C@H]1CC[C@@]2(C)[C@@H]3C(=O)C=C4[C@@H](CC[C@H](O)C4(C)C)[C@]3(C=O)CC[C@]12C. The van der Waals surface area contributed by atoms with Gasteiger partial charge in [-0.2, -0.15) is 0 Å². The van der Waals surface area contributed by atoms with Gasteiger partial charge in [-0.1, -0.05) is 40.2 Å². The first kappa shape index (κ1) is 22.9. The second-order valence-corrected chi connectivity index (χ2v) is 12.4. The first-order valence-corrected chi connectivity index (χ1v) is 12.2. The lowest BCUT2D eigenvalue weighted by Crippen LogP contribution is -2.63. The molecule has 0 bridgehead atoms. The number of hydrogen-bond acceptors (Lipinski definition) is 4. The van der Waals surface area contributed by atoms with Crippen LogP contribution in [0.4, 0.5) is 0 Å². The van der Waals surface area contributed by atoms with Gasteiger partial charge in [0.1, 0.15) is 12.1 Å². The summed E-state index contributed by atoms with van der Waals surface area (Å²) in [5, 5.41) is 10.7. The predicted molar refractivity (Wildman–Crippen MR) is 120 cm³/mol. The molecule has 1 N–H and O–H groups in total. The molecule has 0 unspecified atom stereocenters. The fourth-order valence-electron chi connectivity index (χ4n) is 8.88. The number of fused-ring (bicyclic) bond motifs is 5. The lowest BCUT2D eigenvalue weighted by molar-refractivity contribution is -0.171. The molecule has 3 saturated carbocycles. The van der Waals surface area contributed by atoms with E-state index in [1.54, 1.807) is 6.92 Å². The maximum atomic E-state index is 13.8. The van der Waals surface area contributed by atoms with Crippen molar-refractivity contribution in [3.63, 3.8) is 0 Å². The highest BCUT2D eigenvalue weighted by Crippen LogP contribution is 2.74. The van der Waals surface area contributed by atoms with Gasteiger partial charge in [0.25, 0.3) is 0 Å². The molecule has 4 nitrogen and oxygen atoms in total. The van der Waals surface area contributed by atoms with Gasteiger partial charge in [-0.25, -0.2) is 0 Å². The number of allylic oxidation sites excluding steroid dienone is 1. The fourth-order valence-corrected chi connectivity index (χ4v) is 8.88. The molecule has 0 aromatic heterocycles. The van der Waals surface area contributed by atoms with Crippen molar-refractivity contribution in [1.82, 2.24) is 0 Å². The van der Waals surface area contributed by atoms with Crippen LogP contribution in [0.3, 0.4) is 0 Å². The summed E-state index contributed by atoms with van der Waals surface area (Å²) in [5.74, 6) is 0.753. The molecule has 0 spiro atoms. The molecule has 8 atom stereocenters. The number of rotatable bonds is 4. The molecule has 4 aliphatic carbocycles. The molecular formula is C27H40O4. The van der Waals surface area contributed by atoms with Gasteiger partial charge in [-0.3, -0.25) is 4.79 Å². The lowest BCUT2D eigenvalue weighted by atomic mass is 9.38. The number of aldehydes is 1. The van der Waals surface area contributed by atoms with Crippen molar-refractivity contribution in [2.45, 2.75) is 92.6 Å². The molecule has 0 aliphatic heterocycles. The van der Waals surface area contributed by atoms with E-state index in [1.165, 1.54) is 0 Å². The van der Waals surface area contributed by atoms with Crippen LogP contribution in [0.15, 0.2) is 11.6 Å². The molecule has 0 amide bonds. The third-order valence-corrected chi connectivity index (χ3v) is 10.8. The Morgan fingerprint density at radius 1 is 1.13 bits per heavy atom.